The number of hydrogen-bond acceptors (Lipinski definition) is 6. The Balaban J connectivity index is 1.31. The summed E-state index contributed by atoms with van der Waals surface area (Å²) in [5.41, 5.74) is 2.10. The third-order valence-corrected chi connectivity index (χ3v) is 6.23. The van der Waals surface area contributed by atoms with Crippen LogP contribution in [0.25, 0.3) is 5.69 Å². The van der Waals surface area contributed by atoms with Crippen molar-refractivity contribution in [2.45, 2.75) is 18.3 Å². The highest BCUT2D eigenvalue weighted by Crippen LogP contribution is 2.26. The fraction of sp³-hybridized carbons (Fsp3) is 0.174. The van der Waals surface area contributed by atoms with Gasteiger partial charge in [-0.2, -0.15) is 4.68 Å². The van der Waals surface area contributed by atoms with Crippen LogP contribution in [-0.2, 0) is 13.2 Å². The lowest BCUT2D eigenvalue weighted by Crippen LogP contribution is -2.17. The lowest BCUT2D eigenvalue weighted by Gasteiger charge is -2.14. The molecule has 10 heteroatoms. The summed E-state index contributed by atoms with van der Waals surface area (Å²) >= 11 is 13.8. The molecule has 1 aromatic heterocycles. The van der Waals surface area contributed by atoms with Gasteiger partial charge < -0.3 is 10.1 Å². The van der Waals surface area contributed by atoms with E-state index >= 15 is 0 Å². The number of para-hydroxylation sites is 1. The number of halogens is 3. The van der Waals surface area contributed by atoms with Crippen molar-refractivity contribution in [1.82, 2.24) is 25.5 Å². The van der Waals surface area contributed by atoms with Crippen LogP contribution >= 0.6 is 35.0 Å². The van der Waals surface area contributed by atoms with E-state index in [1.807, 2.05) is 36.4 Å². The van der Waals surface area contributed by atoms with Crippen molar-refractivity contribution in [3.8, 4) is 11.4 Å². The van der Waals surface area contributed by atoms with E-state index in [1.165, 1.54) is 6.07 Å². The second kappa shape index (κ2) is 11.5. The van der Waals surface area contributed by atoms with Gasteiger partial charge in [0.1, 0.15) is 18.2 Å². The van der Waals surface area contributed by atoms with Gasteiger partial charge in [-0.15, -0.1) is 5.10 Å². The van der Waals surface area contributed by atoms with Crippen LogP contribution in [0.2, 0.25) is 10.0 Å². The molecule has 0 amide bonds. The van der Waals surface area contributed by atoms with Crippen LogP contribution in [0.15, 0.2) is 71.9 Å². The molecular weight excluding hydrogens is 484 g/mol. The van der Waals surface area contributed by atoms with Gasteiger partial charge in [-0.1, -0.05) is 59.2 Å². The van der Waals surface area contributed by atoms with E-state index in [1.54, 1.807) is 40.7 Å². The van der Waals surface area contributed by atoms with Crippen LogP contribution in [0, 0.1) is 5.82 Å². The summed E-state index contributed by atoms with van der Waals surface area (Å²) in [7, 11) is 0. The van der Waals surface area contributed by atoms with E-state index in [4.69, 9.17) is 27.9 Å². The second-order valence-corrected chi connectivity index (χ2v) is 8.88. The highest BCUT2D eigenvalue weighted by atomic mass is 35.5. The quantitative estimate of drug-likeness (QED) is 0.225. The van der Waals surface area contributed by atoms with Crippen LogP contribution in [0.1, 0.15) is 11.1 Å². The summed E-state index contributed by atoms with van der Waals surface area (Å²) in [6.07, 6.45) is 0. The Bertz CT molecular complexity index is 1190. The molecule has 3 aromatic carbocycles. The first-order valence-electron chi connectivity index (χ1n) is 10.1. The SMILES string of the molecule is Fc1cccc(Cl)c1COc1ccc(Cl)cc1CNCCSc1nnnn1-c1ccccc1. The van der Waals surface area contributed by atoms with Crippen molar-refractivity contribution in [2.24, 2.45) is 0 Å². The van der Waals surface area contributed by atoms with E-state index in [0.717, 1.165) is 22.2 Å². The molecule has 0 saturated carbocycles. The van der Waals surface area contributed by atoms with Crippen molar-refractivity contribution in [2.75, 3.05) is 12.3 Å². The van der Waals surface area contributed by atoms with Crippen LogP contribution < -0.4 is 10.1 Å². The first kappa shape index (κ1) is 23.5. The molecule has 0 aliphatic rings. The third kappa shape index (κ3) is 6.23. The van der Waals surface area contributed by atoms with Crippen molar-refractivity contribution in [3.05, 3.63) is 93.7 Å². The van der Waals surface area contributed by atoms with E-state index < -0.39 is 5.82 Å². The maximum Gasteiger partial charge on any atom is 0.214 e. The molecule has 0 aliphatic heterocycles. The molecule has 0 spiro atoms. The Morgan fingerprint density at radius 1 is 1.03 bits per heavy atom. The third-order valence-electron chi connectivity index (χ3n) is 4.72. The van der Waals surface area contributed by atoms with E-state index in [2.05, 4.69) is 20.8 Å². The molecule has 33 heavy (non-hydrogen) atoms. The predicted molar refractivity (Wildman–Crippen MR) is 129 cm³/mol. The largest absolute Gasteiger partial charge is 0.488 e. The molecule has 0 unspecified atom stereocenters. The average Bonchev–Trinajstić information content (AvgIpc) is 3.29. The number of tetrazole rings is 1. The Morgan fingerprint density at radius 3 is 2.70 bits per heavy atom. The number of benzene rings is 3. The molecule has 170 valence electrons. The van der Waals surface area contributed by atoms with Crippen molar-refractivity contribution in [3.63, 3.8) is 0 Å². The standard InChI is InChI=1S/C23H20Cl2FN5OS/c24-17-9-10-22(32-15-19-20(25)7-4-8-21(19)26)16(13-17)14-27-11-12-33-23-28-29-30-31(23)18-5-2-1-3-6-18/h1-10,13,27H,11-12,14-15H2. The minimum absolute atomic E-state index is 0.0259. The minimum atomic E-state index is -0.397. The molecule has 0 bridgehead atoms. The van der Waals surface area contributed by atoms with Gasteiger partial charge in [0.25, 0.3) is 0 Å². The normalized spacial score (nSPS) is 11.0. The van der Waals surface area contributed by atoms with Crippen LogP contribution in [0.4, 0.5) is 4.39 Å². The van der Waals surface area contributed by atoms with E-state index in [0.29, 0.717) is 34.4 Å². The van der Waals surface area contributed by atoms with E-state index in [-0.39, 0.29) is 6.61 Å². The number of hydrogen-bond donors (Lipinski definition) is 1. The summed E-state index contributed by atoms with van der Waals surface area (Å²) in [6.45, 7) is 1.26. The van der Waals surface area contributed by atoms with Crippen molar-refractivity contribution in [1.29, 1.82) is 0 Å². The summed E-state index contributed by atoms with van der Waals surface area (Å²) < 4.78 is 21.6. The van der Waals surface area contributed by atoms with Crippen LogP contribution in [0.3, 0.4) is 0 Å². The van der Waals surface area contributed by atoms with Gasteiger partial charge in [0, 0.05) is 35.0 Å². The average molecular weight is 504 g/mol. The van der Waals surface area contributed by atoms with Gasteiger partial charge in [-0.25, -0.2) is 4.39 Å². The van der Waals surface area contributed by atoms with Gasteiger partial charge in [0.2, 0.25) is 5.16 Å². The predicted octanol–water partition coefficient (Wildman–Crippen LogP) is 5.57. The van der Waals surface area contributed by atoms with Gasteiger partial charge in [0.15, 0.2) is 0 Å². The molecule has 0 fully saturated rings. The minimum Gasteiger partial charge on any atom is -0.488 e. The fourth-order valence-electron chi connectivity index (χ4n) is 3.08. The Hall–Kier alpha value is -2.65. The highest BCUT2D eigenvalue weighted by molar-refractivity contribution is 7.99. The van der Waals surface area contributed by atoms with Gasteiger partial charge in [-0.05, 0) is 52.9 Å². The number of nitrogens with one attached hydrogen (secondary N) is 1. The van der Waals surface area contributed by atoms with Crippen LogP contribution in [-0.4, -0.2) is 32.5 Å². The summed E-state index contributed by atoms with van der Waals surface area (Å²) in [4.78, 5) is 0. The Kier molecular flexibility index (Phi) is 8.17. The molecule has 4 rings (SSSR count). The topological polar surface area (TPSA) is 64.9 Å². The molecule has 0 aliphatic carbocycles. The Morgan fingerprint density at radius 2 is 1.88 bits per heavy atom. The molecule has 0 radical (unpaired) electrons. The molecule has 1 heterocycles. The molecule has 1 N–H and O–H groups in total. The zero-order valence-electron chi connectivity index (χ0n) is 17.4. The summed E-state index contributed by atoms with van der Waals surface area (Å²) in [5, 5.41) is 17.0. The number of aromatic nitrogens is 4. The summed E-state index contributed by atoms with van der Waals surface area (Å²) in [6, 6.07) is 19.6. The molecule has 0 saturated heterocycles. The highest BCUT2D eigenvalue weighted by Gasteiger charge is 2.11. The second-order valence-electron chi connectivity index (χ2n) is 6.97. The maximum absolute atomic E-state index is 14.0. The van der Waals surface area contributed by atoms with Gasteiger partial charge in [-0.3, -0.25) is 0 Å². The zero-order chi connectivity index (χ0) is 23.0. The smallest absolute Gasteiger partial charge is 0.214 e. The maximum atomic E-state index is 14.0. The molecule has 4 aromatic rings. The number of thioether (sulfide) groups is 1. The van der Waals surface area contributed by atoms with Gasteiger partial charge >= 0.3 is 0 Å². The molecule has 0 atom stereocenters. The number of rotatable bonds is 10. The molecule has 6 nitrogen and oxygen atoms in total. The lowest BCUT2D eigenvalue weighted by atomic mass is 10.2. The van der Waals surface area contributed by atoms with Crippen molar-refractivity contribution >= 4 is 35.0 Å². The van der Waals surface area contributed by atoms with Crippen LogP contribution in [0.5, 0.6) is 5.75 Å². The first-order valence-corrected chi connectivity index (χ1v) is 11.9. The first-order chi connectivity index (χ1) is 16.1. The van der Waals surface area contributed by atoms with Crippen molar-refractivity contribution < 1.29 is 9.13 Å². The monoisotopic (exact) mass is 503 g/mol. The Labute approximate surface area is 205 Å². The van der Waals surface area contributed by atoms with E-state index in [9.17, 15) is 4.39 Å². The zero-order valence-corrected chi connectivity index (χ0v) is 19.7. The molecular formula is C23H20Cl2FN5OS. The fourth-order valence-corrected chi connectivity index (χ4v) is 4.28. The van der Waals surface area contributed by atoms with Gasteiger partial charge in [0.05, 0.1) is 10.7 Å². The lowest BCUT2D eigenvalue weighted by molar-refractivity contribution is 0.296. The summed E-state index contributed by atoms with van der Waals surface area (Å²) in [5.74, 6) is 0.979. The number of ether oxygens (including phenoxy) is 1. The number of nitrogens with zero attached hydrogens (tertiary/aromatic N) is 4.